The molecule has 1 aromatic carbocycles. The van der Waals surface area contributed by atoms with Crippen LogP contribution < -0.4 is 16.0 Å². The fourth-order valence-electron chi connectivity index (χ4n) is 3.72. The second kappa shape index (κ2) is 7.44. The second-order valence-electron chi connectivity index (χ2n) is 8.05. The van der Waals surface area contributed by atoms with Gasteiger partial charge in [-0.05, 0) is 58.2 Å². The lowest BCUT2D eigenvalue weighted by Crippen LogP contribution is -2.62. The van der Waals surface area contributed by atoms with Crippen molar-refractivity contribution in [1.29, 1.82) is 0 Å². The monoisotopic (exact) mass is 347 g/mol. The van der Waals surface area contributed by atoms with E-state index in [4.69, 9.17) is 0 Å². The molecule has 0 spiro atoms. The van der Waals surface area contributed by atoms with Gasteiger partial charge in [0.1, 0.15) is 0 Å². The van der Waals surface area contributed by atoms with Crippen LogP contribution in [0.1, 0.15) is 46.1 Å². The number of hydrogen-bond acceptors (Lipinski definition) is 4. The highest BCUT2D eigenvalue weighted by Gasteiger charge is 2.38. The number of methoxy groups -OCH3 is 1. The molecule has 1 aromatic rings. The van der Waals surface area contributed by atoms with Gasteiger partial charge in [-0.3, -0.25) is 4.79 Å². The van der Waals surface area contributed by atoms with E-state index in [-0.39, 0.29) is 35.5 Å². The standard InChI is InChI=1S/C19H29N3O3/c1-18(2)11-15(12-19(3,4)22-18)21-17(24)20-14-8-6-13(7-9-14)10-16(23)25-5/h6-9,15,22H,10-12H2,1-5H3,(H2,20,21,24). The van der Waals surface area contributed by atoms with Crippen LogP contribution in [-0.4, -0.2) is 36.2 Å². The van der Waals surface area contributed by atoms with Gasteiger partial charge in [0.05, 0.1) is 13.5 Å². The third-order valence-corrected chi connectivity index (χ3v) is 4.31. The summed E-state index contributed by atoms with van der Waals surface area (Å²) in [5.74, 6) is -0.283. The molecule has 0 unspecified atom stereocenters. The molecule has 1 saturated heterocycles. The van der Waals surface area contributed by atoms with Gasteiger partial charge in [0, 0.05) is 22.8 Å². The summed E-state index contributed by atoms with van der Waals surface area (Å²) in [6.07, 6.45) is 1.98. The van der Waals surface area contributed by atoms with Crippen molar-refractivity contribution in [2.24, 2.45) is 0 Å². The van der Waals surface area contributed by atoms with Gasteiger partial charge in [0.25, 0.3) is 0 Å². The Balaban J connectivity index is 1.90. The van der Waals surface area contributed by atoms with E-state index in [0.29, 0.717) is 5.69 Å². The summed E-state index contributed by atoms with van der Waals surface area (Å²) in [5, 5.41) is 9.52. The van der Waals surface area contributed by atoms with Crippen LogP contribution in [0, 0.1) is 0 Å². The predicted molar refractivity (Wildman–Crippen MR) is 98.6 cm³/mol. The van der Waals surface area contributed by atoms with Crippen LogP contribution in [0.25, 0.3) is 0 Å². The van der Waals surface area contributed by atoms with Gasteiger partial charge in [0.15, 0.2) is 0 Å². The Morgan fingerprint density at radius 1 is 1.12 bits per heavy atom. The molecule has 0 saturated carbocycles. The maximum absolute atomic E-state index is 12.3. The summed E-state index contributed by atoms with van der Waals surface area (Å²) in [7, 11) is 1.37. The Bertz CT molecular complexity index is 607. The number of ether oxygens (including phenoxy) is 1. The Morgan fingerprint density at radius 2 is 1.68 bits per heavy atom. The molecule has 0 atom stereocenters. The van der Waals surface area contributed by atoms with Crippen LogP contribution in [0.4, 0.5) is 10.5 Å². The molecule has 1 aliphatic heterocycles. The summed E-state index contributed by atoms with van der Waals surface area (Å²) in [6.45, 7) is 8.61. The minimum atomic E-state index is -0.283. The summed E-state index contributed by atoms with van der Waals surface area (Å²) >= 11 is 0. The van der Waals surface area contributed by atoms with Crippen LogP contribution in [0.3, 0.4) is 0 Å². The Kier molecular flexibility index (Phi) is 5.72. The highest BCUT2D eigenvalue weighted by molar-refractivity contribution is 5.89. The van der Waals surface area contributed by atoms with Gasteiger partial charge < -0.3 is 20.7 Å². The summed E-state index contributed by atoms with van der Waals surface area (Å²) in [6, 6.07) is 7.10. The number of carbonyl (C=O) groups excluding carboxylic acids is 2. The summed E-state index contributed by atoms with van der Waals surface area (Å²) < 4.78 is 4.64. The first-order valence-corrected chi connectivity index (χ1v) is 8.61. The van der Waals surface area contributed by atoms with Crippen molar-refractivity contribution in [3.05, 3.63) is 29.8 Å². The summed E-state index contributed by atoms with van der Waals surface area (Å²) in [4.78, 5) is 23.6. The van der Waals surface area contributed by atoms with E-state index in [1.54, 1.807) is 12.1 Å². The number of carbonyl (C=O) groups is 2. The zero-order valence-electron chi connectivity index (χ0n) is 15.7. The van der Waals surface area contributed by atoms with Crippen molar-refractivity contribution in [3.63, 3.8) is 0 Å². The van der Waals surface area contributed by atoms with Gasteiger partial charge in [-0.15, -0.1) is 0 Å². The molecule has 1 fully saturated rings. The Morgan fingerprint density at radius 3 is 2.20 bits per heavy atom. The molecule has 138 valence electrons. The average molecular weight is 347 g/mol. The number of piperidine rings is 1. The van der Waals surface area contributed by atoms with Crippen LogP contribution in [0.2, 0.25) is 0 Å². The smallest absolute Gasteiger partial charge is 0.319 e. The maximum Gasteiger partial charge on any atom is 0.319 e. The van der Waals surface area contributed by atoms with E-state index in [9.17, 15) is 9.59 Å². The lowest BCUT2D eigenvalue weighted by Gasteiger charge is -2.46. The largest absolute Gasteiger partial charge is 0.469 e. The first-order valence-electron chi connectivity index (χ1n) is 8.61. The third-order valence-electron chi connectivity index (χ3n) is 4.31. The number of esters is 1. The van der Waals surface area contributed by atoms with Gasteiger partial charge in [-0.25, -0.2) is 4.79 Å². The van der Waals surface area contributed by atoms with E-state index < -0.39 is 0 Å². The molecule has 1 heterocycles. The predicted octanol–water partition coefficient (Wildman–Crippen LogP) is 2.83. The number of nitrogens with one attached hydrogen (secondary N) is 3. The second-order valence-corrected chi connectivity index (χ2v) is 8.05. The zero-order chi connectivity index (χ0) is 18.7. The van der Waals surface area contributed by atoms with Crippen molar-refractivity contribution in [1.82, 2.24) is 10.6 Å². The molecule has 3 N–H and O–H groups in total. The number of hydrogen-bond donors (Lipinski definition) is 3. The fourth-order valence-corrected chi connectivity index (χ4v) is 3.72. The quantitative estimate of drug-likeness (QED) is 0.732. The fraction of sp³-hybridized carbons (Fsp3) is 0.579. The van der Waals surface area contributed by atoms with Crippen LogP contribution in [-0.2, 0) is 16.0 Å². The number of urea groups is 1. The van der Waals surface area contributed by atoms with Crippen LogP contribution in [0.5, 0.6) is 0 Å². The molecule has 0 bridgehead atoms. The van der Waals surface area contributed by atoms with E-state index >= 15 is 0 Å². The van der Waals surface area contributed by atoms with Crippen molar-refractivity contribution >= 4 is 17.7 Å². The first-order chi connectivity index (χ1) is 11.6. The van der Waals surface area contributed by atoms with Gasteiger partial charge in [-0.2, -0.15) is 0 Å². The maximum atomic E-state index is 12.3. The molecule has 0 radical (unpaired) electrons. The van der Waals surface area contributed by atoms with Crippen LogP contribution in [0.15, 0.2) is 24.3 Å². The molecule has 6 heteroatoms. The van der Waals surface area contributed by atoms with Crippen molar-refractivity contribution in [2.45, 2.75) is 64.1 Å². The van der Waals surface area contributed by atoms with Gasteiger partial charge in [-0.1, -0.05) is 12.1 Å². The molecule has 2 amide bonds. The van der Waals surface area contributed by atoms with Crippen molar-refractivity contribution < 1.29 is 14.3 Å². The van der Waals surface area contributed by atoms with Crippen molar-refractivity contribution in [3.8, 4) is 0 Å². The number of rotatable bonds is 4. The molecular weight excluding hydrogens is 318 g/mol. The van der Waals surface area contributed by atoms with Gasteiger partial charge >= 0.3 is 12.0 Å². The number of anilines is 1. The lowest BCUT2D eigenvalue weighted by atomic mass is 9.80. The molecule has 2 rings (SSSR count). The van der Waals surface area contributed by atoms with E-state index in [0.717, 1.165) is 18.4 Å². The lowest BCUT2D eigenvalue weighted by molar-refractivity contribution is -0.139. The van der Waals surface area contributed by atoms with E-state index in [2.05, 4.69) is 48.4 Å². The normalized spacial score (nSPS) is 19.1. The Hall–Kier alpha value is -2.08. The average Bonchev–Trinajstić information content (AvgIpc) is 2.45. The van der Waals surface area contributed by atoms with E-state index in [1.165, 1.54) is 7.11 Å². The molecule has 25 heavy (non-hydrogen) atoms. The minimum absolute atomic E-state index is 0.0186. The van der Waals surface area contributed by atoms with Crippen LogP contribution >= 0.6 is 0 Å². The minimum Gasteiger partial charge on any atom is -0.469 e. The van der Waals surface area contributed by atoms with Crippen molar-refractivity contribution in [2.75, 3.05) is 12.4 Å². The molecule has 6 nitrogen and oxygen atoms in total. The third kappa shape index (κ3) is 6.05. The highest BCUT2D eigenvalue weighted by Crippen LogP contribution is 2.28. The molecule has 0 aliphatic carbocycles. The first kappa shape index (κ1) is 19.2. The molecule has 0 aromatic heterocycles. The summed E-state index contributed by atoms with van der Waals surface area (Å²) in [5.41, 5.74) is 1.50. The Labute approximate surface area is 149 Å². The SMILES string of the molecule is COC(=O)Cc1ccc(NC(=O)NC2CC(C)(C)NC(C)(C)C2)cc1. The zero-order valence-corrected chi connectivity index (χ0v) is 15.7. The van der Waals surface area contributed by atoms with Gasteiger partial charge in [0.2, 0.25) is 0 Å². The van der Waals surface area contributed by atoms with E-state index in [1.807, 2.05) is 12.1 Å². The number of benzene rings is 1. The topological polar surface area (TPSA) is 79.5 Å². The molecular formula is C19H29N3O3. The number of amides is 2. The highest BCUT2D eigenvalue weighted by atomic mass is 16.5. The molecule has 1 aliphatic rings.